The number of allylic oxidation sites excluding steroid dienone is 1. The molecule has 3 aromatic rings. The Bertz CT molecular complexity index is 1690. The van der Waals surface area contributed by atoms with Crippen molar-refractivity contribution >= 4 is 39.3 Å². The third kappa shape index (κ3) is 5.34. The molecule has 0 bridgehead atoms. The maximum atomic E-state index is 14.1. The Morgan fingerprint density at radius 2 is 1.73 bits per heavy atom. The van der Waals surface area contributed by atoms with Crippen LogP contribution in [0.3, 0.4) is 0 Å². The smallest absolute Gasteiger partial charge is 0.338 e. The summed E-state index contributed by atoms with van der Waals surface area (Å²) in [6.07, 6.45) is 1.88. The predicted molar refractivity (Wildman–Crippen MR) is 159 cm³/mol. The second-order valence-electron chi connectivity index (χ2n) is 9.64. The summed E-state index contributed by atoms with van der Waals surface area (Å²) in [6, 6.07) is 6.79. The van der Waals surface area contributed by atoms with Gasteiger partial charge < -0.3 is 18.9 Å². The van der Waals surface area contributed by atoms with Crippen LogP contribution in [0.1, 0.15) is 61.9 Å². The van der Waals surface area contributed by atoms with E-state index in [0.717, 1.165) is 22.4 Å². The molecule has 1 aromatic heterocycles. The van der Waals surface area contributed by atoms with Gasteiger partial charge in [-0.1, -0.05) is 41.1 Å². The third-order valence-electron chi connectivity index (χ3n) is 6.84. The molecule has 0 amide bonds. The number of esters is 1. The van der Waals surface area contributed by atoms with E-state index >= 15 is 0 Å². The zero-order chi connectivity index (χ0) is 29.3. The van der Waals surface area contributed by atoms with E-state index in [9.17, 15) is 9.59 Å². The molecule has 0 saturated heterocycles. The van der Waals surface area contributed by atoms with E-state index in [-0.39, 0.29) is 23.7 Å². The van der Waals surface area contributed by atoms with Crippen molar-refractivity contribution in [3.05, 3.63) is 81.9 Å². The fourth-order valence-corrected chi connectivity index (χ4v) is 6.38. The lowest BCUT2D eigenvalue weighted by atomic mass is 9.95. The summed E-state index contributed by atoms with van der Waals surface area (Å²) in [5.74, 6) is 1.51. The number of methoxy groups -OCH3 is 3. The largest absolute Gasteiger partial charge is 0.496 e. The minimum absolute atomic E-state index is 0.189. The minimum Gasteiger partial charge on any atom is -0.496 e. The zero-order valence-corrected chi connectivity index (χ0v) is 26.3. The van der Waals surface area contributed by atoms with Crippen molar-refractivity contribution in [2.45, 2.75) is 46.6 Å². The van der Waals surface area contributed by atoms with Gasteiger partial charge in [0.1, 0.15) is 5.75 Å². The lowest BCUT2D eigenvalue weighted by molar-refractivity contribution is -0.139. The molecule has 0 N–H and O–H groups in total. The summed E-state index contributed by atoms with van der Waals surface area (Å²) in [5.41, 5.74) is 4.11. The number of ether oxygens (including phenoxy) is 4. The van der Waals surface area contributed by atoms with Crippen molar-refractivity contribution in [2.75, 3.05) is 27.9 Å². The van der Waals surface area contributed by atoms with Gasteiger partial charge in [0.2, 0.25) is 0 Å². The molecule has 2 heterocycles. The van der Waals surface area contributed by atoms with Crippen LogP contribution in [-0.2, 0) is 9.53 Å². The second-order valence-corrected chi connectivity index (χ2v) is 11.5. The first-order chi connectivity index (χ1) is 19.1. The molecule has 1 atom stereocenters. The van der Waals surface area contributed by atoms with Gasteiger partial charge in [0.05, 0.1) is 49.8 Å². The third-order valence-corrected chi connectivity index (χ3v) is 8.51. The summed E-state index contributed by atoms with van der Waals surface area (Å²) < 4.78 is 24.7. The van der Waals surface area contributed by atoms with Crippen molar-refractivity contribution in [1.29, 1.82) is 0 Å². The van der Waals surface area contributed by atoms with Gasteiger partial charge >= 0.3 is 5.97 Å². The van der Waals surface area contributed by atoms with Gasteiger partial charge in [0, 0.05) is 4.47 Å². The van der Waals surface area contributed by atoms with Crippen LogP contribution in [0.5, 0.6) is 17.2 Å². The Labute approximate surface area is 245 Å². The highest BCUT2D eigenvalue weighted by atomic mass is 79.9. The first-order valence-corrected chi connectivity index (χ1v) is 14.5. The van der Waals surface area contributed by atoms with Crippen LogP contribution in [0.15, 0.2) is 49.8 Å². The zero-order valence-electron chi connectivity index (χ0n) is 23.9. The molecular weight excluding hydrogens is 596 g/mol. The minimum atomic E-state index is -0.796. The van der Waals surface area contributed by atoms with Crippen LogP contribution in [0.2, 0.25) is 0 Å². The fraction of sp³-hybridized carbons (Fsp3) is 0.367. The van der Waals surface area contributed by atoms with E-state index < -0.39 is 12.0 Å². The van der Waals surface area contributed by atoms with Gasteiger partial charge in [0.15, 0.2) is 16.3 Å². The quantitative estimate of drug-likeness (QED) is 0.326. The van der Waals surface area contributed by atoms with Crippen molar-refractivity contribution < 1.29 is 23.7 Å². The normalized spacial score (nSPS) is 15.2. The average Bonchev–Trinajstić information content (AvgIpc) is 3.22. The second kappa shape index (κ2) is 12.0. The van der Waals surface area contributed by atoms with Crippen molar-refractivity contribution in [1.82, 2.24) is 4.57 Å². The van der Waals surface area contributed by atoms with Crippen LogP contribution < -0.4 is 29.1 Å². The topological polar surface area (TPSA) is 88.4 Å². The highest BCUT2D eigenvalue weighted by Gasteiger charge is 2.35. The Morgan fingerprint density at radius 3 is 2.33 bits per heavy atom. The van der Waals surface area contributed by atoms with Crippen LogP contribution in [0.25, 0.3) is 6.08 Å². The van der Waals surface area contributed by atoms with Gasteiger partial charge in [-0.25, -0.2) is 9.79 Å². The van der Waals surface area contributed by atoms with E-state index in [1.54, 1.807) is 44.8 Å². The number of carbonyl (C=O) groups is 1. The molecule has 1 aliphatic rings. The van der Waals surface area contributed by atoms with Crippen molar-refractivity contribution in [2.24, 2.45) is 4.99 Å². The molecule has 212 valence electrons. The maximum absolute atomic E-state index is 14.1. The molecule has 0 aliphatic carbocycles. The van der Waals surface area contributed by atoms with E-state index in [4.69, 9.17) is 18.9 Å². The standard InChI is InChI=1S/C30H33BrN2O6S/c1-9-39-29(35)26-17(5)32-30-33(27(26)20-13-23(37-7)24(38-8)14-21(20)31)28(34)25(40-30)12-18-11-19(15(2)3)22(36-6)10-16(18)4/h10-15,27H,9H2,1-8H3/b25-12+/t27-/m0/s1. The molecule has 1 aliphatic heterocycles. The molecule has 4 rings (SSSR count). The molecule has 0 fully saturated rings. The lowest BCUT2D eigenvalue weighted by Gasteiger charge is -2.26. The Hall–Kier alpha value is -3.37. The molecule has 0 radical (unpaired) electrons. The molecule has 8 nitrogen and oxygen atoms in total. The van der Waals surface area contributed by atoms with Gasteiger partial charge in [-0.2, -0.15) is 0 Å². The predicted octanol–water partition coefficient (Wildman–Crippen LogP) is 5.02. The van der Waals surface area contributed by atoms with E-state index in [1.165, 1.54) is 18.4 Å². The summed E-state index contributed by atoms with van der Waals surface area (Å²) in [7, 11) is 4.75. The van der Waals surface area contributed by atoms with Crippen LogP contribution >= 0.6 is 27.3 Å². The number of halogens is 1. The lowest BCUT2D eigenvalue weighted by Crippen LogP contribution is -2.40. The van der Waals surface area contributed by atoms with E-state index in [1.807, 2.05) is 19.1 Å². The molecule has 2 aromatic carbocycles. The number of rotatable bonds is 8. The Balaban J connectivity index is 2.02. The van der Waals surface area contributed by atoms with Crippen molar-refractivity contribution in [3.8, 4) is 17.2 Å². The van der Waals surface area contributed by atoms with Gasteiger partial charge in [-0.15, -0.1) is 0 Å². The SMILES string of the molecule is CCOC(=O)C1=C(C)N=c2s/c(=C/c3cc(C(C)C)c(OC)cc3C)c(=O)n2[C@H]1c1cc(OC)c(OC)cc1Br. The van der Waals surface area contributed by atoms with Gasteiger partial charge in [0.25, 0.3) is 5.56 Å². The van der Waals surface area contributed by atoms with E-state index in [0.29, 0.717) is 36.6 Å². The van der Waals surface area contributed by atoms with Crippen molar-refractivity contribution in [3.63, 3.8) is 0 Å². The molecule has 0 unspecified atom stereocenters. The number of thiazole rings is 1. The first kappa shape index (κ1) is 29.6. The van der Waals surface area contributed by atoms with Crippen LogP contribution in [0.4, 0.5) is 0 Å². The highest BCUT2D eigenvalue weighted by Crippen LogP contribution is 2.41. The number of fused-ring (bicyclic) bond motifs is 1. The Morgan fingerprint density at radius 1 is 1.07 bits per heavy atom. The maximum Gasteiger partial charge on any atom is 0.338 e. The van der Waals surface area contributed by atoms with Crippen LogP contribution in [0, 0.1) is 6.92 Å². The number of aromatic nitrogens is 1. The monoisotopic (exact) mass is 628 g/mol. The average molecular weight is 630 g/mol. The molecule has 10 heteroatoms. The summed E-state index contributed by atoms with van der Waals surface area (Å²) in [6.45, 7) is 9.88. The number of nitrogens with zero attached hydrogens (tertiary/aromatic N) is 2. The summed E-state index contributed by atoms with van der Waals surface area (Å²) >= 11 is 4.91. The summed E-state index contributed by atoms with van der Waals surface area (Å²) in [4.78, 5) is 32.5. The molecular formula is C30H33BrN2O6S. The fourth-order valence-electron chi connectivity index (χ4n) is 4.81. The first-order valence-electron chi connectivity index (χ1n) is 12.9. The highest BCUT2D eigenvalue weighted by molar-refractivity contribution is 9.10. The Kier molecular flexibility index (Phi) is 8.90. The van der Waals surface area contributed by atoms with Crippen LogP contribution in [-0.4, -0.2) is 38.5 Å². The molecule has 0 spiro atoms. The molecule has 0 saturated carbocycles. The molecule has 40 heavy (non-hydrogen) atoms. The number of carbonyl (C=O) groups excluding carboxylic acids is 1. The van der Waals surface area contributed by atoms with Gasteiger partial charge in [-0.05, 0) is 79.3 Å². The van der Waals surface area contributed by atoms with Gasteiger partial charge in [-0.3, -0.25) is 9.36 Å². The number of hydrogen-bond acceptors (Lipinski definition) is 8. The summed E-state index contributed by atoms with van der Waals surface area (Å²) in [5, 5.41) is 0. The number of benzene rings is 2. The number of hydrogen-bond donors (Lipinski definition) is 0. The number of aryl methyl sites for hydroxylation is 1. The van der Waals surface area contributed by atoms with E-state index in [2.05, 4.69) is 40.8 Å².